The SMILES string of the molecule is Cc1cccc(CN=Nc2cc(N)nc(OCC(C)(C)O)n2)c1. The molecule has 0 fully saturated rings. The van der Waals surface area contributed by atoms with Crippen molar-refractivity contribution < 1.29 is 9.84 Å². The third-order valence-corrected chi connectivity index (χ3v) is 2.78. The van der Waals surface area contributed by atoms with Crippen molar-refractivity contribution in [2.45, 2.75) is 32.9 Å². The highest BCUT2D eigenvalue weighted by atomic mass is 16.5. The number of aromatic nitrogens is 2. The first-order chi connectivity index (χ1) is 10.8. The maximum atomic E-state index is 9.65. The number of nitrogen functional groups attached to an aromatic ring is 1. The minimum Gasteiger partial charge on any atom is -0.460 e. The summed E-state index contributed by atoms with van der Waals surface area (Å²) in [6.45, 7) is 5.78. The number of anilines is 1. The van der Waals surface area contributed by atoms with Crippen LogP contribution < -0.4 is 10.5 Å². The molecule has 23 heavy (non-hydrogen) atoms. The predicted octanol–water partition coefficient (Wildman–Crippen LogP) is 2.80. The highest BCUT2D eigenvalue weighted by Gasteiger charge is 2.15. The number of aliphatic hydroxyl groups is 1. The quantitative estimate of drug-likeness (QED) is 0.797. The van der Waals surface area contributed by atoms with E-state index in [2.05, 4.69) is 20.2 Å². The largest absolute Gasteiger partial charge is 0.460 e. The third-order valence-electron chi connectivity index (χ3n) is 2.78. The van der Waals surface area contributed by atoms with Crippen LogP contribution in [0, 0.1) is 6.92 Å². The van der Waals surface area contributed by atoms with E-state index in [4.69, 9.17) is 10.5 Å². The lowest BCUT2D eigenvalue weighted by molar-refractivity contribution is 0.0251. The molecule has 0 spiro atoms. The van der Waals surface area contributed by atoms with E-state index in [1.807, 2.05) is 31.2 Å². The summed E-state index contributed by atoms with van der Waals surface area (Å²) in [6.07, 6.45) is 0. The monoisotopic (exact) mass is 315 g/mol. The Morgan fingerprint density at radius 3 is 2.74 bits per heavy atom. The molecule has 0 radical (unpaired) electrons. The Morgan fingerprint density at radius 1 is 1.26 bits per heavy atom. The first-order valence-corrected chi connectivity index (χ1v) is 7.25. The van der Waals surface area contributed by atoms with Crippen molar-refractivity contribution in [1.29, 1.82) is 0 Å². The van der Waals surface area contributed by atoms with Crippen LogP contribution in [0.25, 0.3) is 0 Å². The molecule has 2 aromatic rings. The van der Waals surface area contributed by atoms with Gasteiger partial charge >= 0.3 is 6.01 Å². The molecule has 0 saturated carbocycles. The van der Waals surface area contributed by atoms with Gasteiger partial charge in [0.15, 0.2) is 5.82 Å². The third kappa shape index (κ3) is 5.99. The van der Waals surface area contributed by atoms with E-state index in [1.165, 1.54) is 11.6 Å². The molecule has 0 aliphatic heterocycles. The van der Waals surface area contributed by atoms with Crippen LogP contribution in [0.3, 0.4) is 0 Å². The van der Waals surface area contributed by atoms with E-state index >= 15 is 0 Å². The lowest BCUT2D eigenvalue weighted by Gasteiger charge is -2.16. The van der Waals surface area contributed by atoms with Crippen LogP contribution >= 0.6 is 0 Å². The van der Waals surface area contributed by atoms with Crippen molar-refractivity contribution in [3.05, 3.63) is 41.5 Å². The molecule has 3 N–H and O–H groups in total. The van der Waals surface area contributed by atoms with Crippen molar-refractivity contribution in [3.8, 4) is 6.01 Å². The number of azo groups is 1. The molecule has 1 aromatic carbocycles. The molecule has 7 nitrogen and oxygen atoms in total. The minimum absolute atomic E-state index is 0.0519. The van der Waals surface area contributed by atoms with Crippen molar-refractivity contribution in [3.63, 3.8) is 0 Å². The number of aryl methyl sites for hydroxylation is 1. The van der Waals surface area contributed by atoms with E-state index in [-0.39, 0.29) is 18.4 Å². The standard InChI is InChI=1S/C16H21N5O2/c1-11-5-4-6-12(7-11)9-18-21-14-8-13(17)19-15(20-14)23-10-16(2,3)22/h4-8,22H,9-10H2,1-3H3,(H2,17,19,20). The molecule has 2 rings (SSSR count). The minimum atomic E-state index is -0.985. The van der Waals surface area contributed by atoms with Gasteiger partial charge in [-0.05, 0) is 26.3 Å². The van der Waals surface area contributed by atoms with Crippen molar-refractivity contribution in [2.75, 3.05) is 12.3 Å². The van der Waals surface area contributed by atoms with Crippen LogP contribution in [0.15, 0.2) is 40.6 Å². The predicted molar refractivity (Wildman–Crippen MR) is 87.6 cm³/mol. The maximum absolute atomic E-state index is 9.65. The average Bonchev–Trinajstić information content (AvgIpc) is 2.44. The molecule has 1 heterocycles. The highest BCUT2D eigenvalue weighted by Crippen LogP contribution is 2.18. The number of ether oxygens (including phenoxy) is 1. The van der Waals surface area contributed by atoms with Crippen LogP contribution in [0.1, 0.15) is 25.0 Å². The molecule has 0 atom stereocenters. The summed E-state index contributed by atoms with van der Waals surface area (Å²) in [6, 6.07) is 9.61. The Kier molecular flexibility index (Phi) is 5.23. The van der Waals surface area contributed by atoms with Crippen LogP contribution in [-0.4, -0.2) is 27.3 Å². The summed E-state index contributed by atoms with van der Waals surface area (Å²) in [4.78, 5) is 8.05. The lowest BCUT2D eigenvalue weighted by atomic mass is 10.1. The van der Waals surface area contributed by atoms with Gasteiger partial charge in [-0.3, -0.25) is 0 Å². The van der Waals surface area contributed by atoms with Gasteiger partial charge in [-0.25, -0.2) is 0 Å². The summed E-state index contributed by atoms with van der Waals surface area (Å²) in [5.74, 6) is 0.547. The Labute approximate surface area is 135 Å². The molecule has 0 bridgehead atoms. The molecule has 0 amide bonds. The number of nitrogens with two attached hydrogens (primary N) is 1. The Morgan fingerprint density at radius 2 is 2.04 bits per heavy atom. The average molecular weight is 315 g/mol. The summed E-state index contributed by atoms with van der Waals surface area (Å²) < 4.78 is 5.32. The van der Waals surface area contributed by atoms with Gasteiger partial charge in [0.2, 0.25) is 0 Å². The van der Waals surface area contributed by atoms with Gasteiger partial charge in [0.25, 0.3) is 0 Å². The van der Waals surface area contributed by atoms with Gasteiger partial charge in [0.05, 0.1) is 12.1 Å². The summed E-state index contributed by atoms with van der Waals surface area (Å²) in [7, 11) is 0. The van der Waals surface area contributed by atoms with Crippen molar-refractivity contribution in [1.82, 2.24) is 9.97 Å². The second kappa shape index (κ2) is 7.15. The first kappa shape index (κ1) is 16.8. The van der Waals surface area contributed by atoms with Gasteiger partial charge in [-0.15, -0.1) is 5.11 Å². The molecule has 0 saturated heterocycles. The molecule has 0 aliphatic rings. The Bertz CT molecular complexity index is 695. The van der Waals surface area contributed by atoms with E-state index in [1.54, 1.807) is 13.8 Å². The summed E-state index contributed by atoms with van der Waals surface area (Å²) in [5.41, 5.74) is 6.96. The number of hydrogen-bond acceptors (Lipinski definition) is 7. The topological polar surface area (TPSA) is 106 Å². The zero-order chi connectivity index (χ0) is 16.9. The molecule has 0 aliphatic carbocycles. The van der Waals surface area contributed by atoms with Crippen LogP contribution in [0.4, 0.5) is 11.6 Å². The smallest absolute Gasteiger partial charge is 0.320 e. The fraction of sp³-hybridized carbons (Fsp3) is 0.375. The van der Waals surface area contributed by atoms with Gasteiger partial charge in [0, 0.05) is 6.07 Å². The summed E-state index contributed by atoms with van der Waals surface area (Å²) >= 11 is 0. The molecule has 1 aromatic heterocycles. The number of rotatable bonds is 6. The fourth-order valence-corrected chi connectivity index (χ4v) is 1.79. The molecule has 7 heteroatoms. The number of benzene rings is 1. The van der Waals surface area contributed by atoms with E-state index < -0.39 is 5.60 Å². The number of hydrogen-bond donors (Lipinski definition) is 2. The zero-order valence-electron chi connectivity index (χ0n) is 13.5. The van der Waals surface area contributed by atoms with Crippen molar-refractivity contribution >= 4 is 11.6 Å². The Hall–Kier alpha value is -2.54. The Balaban J connectivity index is 2.04. The zero-order valence-corrected chi connectivity index (χ0v) is 13.5. The van der Waals surface area contributed by atoms with Crippen LogP contribution in [0.2, 0.25) is 0 Å². The lowest BCUT2D eigenvalue weighted by Crippen LogP contribution is -2.28. The maximum Gasteiger partial charge on any atom is 0.320 e. The molecule has 0 unspecified atom stereocenters. The van der Waals surface area contributed by atoms with E-state index in [0.717, 1.165) is 5.56 Å². The van der Waals surface area contributed by atoms with Gasteiger partial charge < -0.3 is 15.6 Å². The molecular formula is C16H21N5O2. The van der Waals surface area contributed by atoms with E-state index in [0.29, 0.717) is 12.4 Å². The first-order valence-electron chi connectivity index (χ1n) is 7.25. The summed E-state index contributed by atoms with van der Waals surface area (Å²) in [5, 5.41) is 17.8. The van der Waals surface area contributed by atoms with E-state index in [9.17, 15) is 5.11 Å². The van der Waals surface area contributed by atoms with Crippen LogP contribution in [-0.2, 0) is 6.54 Å². The highest BCUT2D eigenvalue weighted by molar-refractivity contribution is 5.41. The molecule has 122 valence electrons. The second-order valence-corrected chi connectivity index (χ2v) is 5.92. The van der Waals surface area contributed by atoms with Gasteiger partial charge in [-0.2, -0.15) is 15.1 Å². The fourth-order valence-electron chi connectivity index (χ4n) is 1.79. The number of nitrogens with zero attached hydrogens (tertiary/aromatic N) is 4. The normalized spacial score (nSPS) is 11.8. The molecular weight excluding hydrogens is 294 g/mol. The van der Waals surface area contributed by atoms with Gasteiger partial charge in [0.1, 0.15) is 12.4 Å². The second-order valence-electron chi connectivity index (χ2n) is 5.92. The van der Waals surface area contributed by atoms with Gasteiger partial charge in [-0.1, -0.05) is 29.8 Å². The van der Waals surface area contributed by atoms with Crippen molar-refractivity contribution in [2.24, 2.45) is 10.2 Å². The van der Waals surface area contributed by atoms with Crippen LogP contribution in [0.5, 0.6) is 6.01 Å².